The van der Waals surface area contributed by atoms with E-state index in [-0.39, 0.29) is 5.78 Å². The Balaban J connectivity index is 1.43. The molecular formula is C19H23N3O2. The smallest absolute Gasteiger partial charge is 0.161 e. The number of ether oxygens (including phenoxy) is 1. The molecule has 0 radical (unpaired) electrons. The lowest BCUT2D eigenvalue weighted by molar-refractivity contribution is 0.101. The van der Waals surface area contributed by atoms with Gasteiger partial charge in [0, 0.05) is 44.5 Å². The summed E-state index contributed by atoms with van der Waals surface area (Å²) in [6.45, 7) is 7.07. The normalized spacial score (nSPS) is 15.3. The Labute approximate surface area is 142 Å². The van der Waals surface area contributed by atoms with Crippen LogP contribution in [0.4, 0.5) is 5.82 Å². The van der Waals surface area contributed by atoms with Gasteiger partial charge >= 0.3 is 0 Å². The molecule has 24 heavy (non-hydrogen) atoms. The van der Waals surface area contributed by atoms with Crippen molar-refractivity contribution in [1.29, 1.82) is 0 Å². The highest BCUT2D eigenvalue weighted by molar-refractivity contribution is 5.93. The molecule has 0 bridgehead atoms. The molecule has 1 aromatic carbocycles. The zero-order valence-electron chi connectivity index (χ0n) is 14.0. The van der Waals surface area contributed by atoms with E-state index in [2.05, 4.69) is 14.8 Å². The highest BCUT2D eigenvalue weighted by atomic mass is 16.5. The number of ketones is 1. The minimum absolute atomic E-state index is 0.0530. The predicted octanol–water partition coefficient (Wildman–Crippen LogP) is 2.49. The zero-order chi connectivity index (χ0) is 16.8. The number of hydrogen-bond acceptors (Lipinski definition) is 5. The number of pyridine rings is 1. The lowest BCUT2D eigenvalue weighted by Gasteiger charge is -2.35. The first-order valence-corrected chi connectivity index (χ1v) is 8.34. The Kier molecular flexibility index (Phi) is 5.43. The van der Waals surface area contributed by atoms with Gasteiger partial charge in [-0.3, -0.25) is 9.69 Å². The van der Waals surface area contributed by atoms with Crippen molar-refractivity contribution in [3.8, 4) is 5.75 Å². The van der Waals surface area contributed by atoms with Gasteiger partial charge in [-0.1, -0.05) is 18.2 Å². The lowest BCUT2D eigenvalue weighted by Crippen LogP contribution is -2.47. The number of carbonyl (C=O) groups excluding carboxylic acids is 1. The highest BCUT2D eigenvalue weighted by Crippen LogP contribution is 2.14. The molecule has 0 saturated carbocycles. The fourth-order valence-corrected chi connectivity index (χ4v) is 2.79. The van der Waals surface area contributed by atoms with Gasteiger partial charge in [0.25, 0.3) is 0 Å². The van der Waals surface area contributed by atoms with E-state index in [1.165, 1.54) is 0 Å². The first kappa shape index (κ1) is 16.5. The maximum Gasteiger partial charge on any atom is 0.161 e. The molecule has 0 spiro atoms. The van der Waals surface area contributed by atoms with E-state index < -0.39 is 0 Å². The van der Waals surface area contributed by atoms with E-state index >= 15 is 0 Å². The molecule has 5 nitrogen and oxygen atoms in total. The maximum absolute atomic E-state index is 11.3. The number of Topliss-reactive ketones (excluding diaryl/α,β-unsaturated/α-hetero) is 1. The van der Waals surface area contributed by atoms with Crippen LogP contribution in [0.3, 0.4) is 0 Å². The van der Waals surface area contributed by atoms with Gasteiger partial charge in [0.05, 0.1) is 0 Å². The third kappa shape index (κ3) is 4.32. The van der Waals surface area contributed by atoms with Crippen molar-refractivity contribution in [2.24, 2.45) is 0 Å². The van der Waals surface area contributed by atoms with E-state index in [1.807, 2.05) is 42.5 Å². The summed E-state index contributed by atoms with van der Waals surface area (Å²) in [7, 11) is 0. The first-order valence-electron chi connectivity index (χ1n) is 8.34. The Hall–Kier alpha value is -2.40. The van der Waals surface area contributed by atoms with Crippen molar-refractivity contribution in [3.05, 3.63) is 54.2 Å². The zero-order valence-corrected chi connectivity index (χ0v) is 14.0. The van der Waals surface area contributed by atoms with Crippen LogP contribution in [0.25, 0.3) is 0 Å². The summed E-state index contributed by atoms with van der Waals surface area (Å²) in [5.41, 5.74) is 0.662. The van der Waals surface area contributed by atoms with Crippen molar-refractivity contribution in [3.63, 3.8) is 0 Å². The molecular weight excluding hydrogens is 302 g/mol. The van der Waals surface area contributed by atoms with Crippen LogP contribution in [0.2, 0.25) is 0 Å². The number of aromatic nitrogens is 1. The molecule has 0 N–H and O–H groups in total. The van der Waals surface area contributed by atoms with Gasteiger partial charge in [-0.2, -0.15) is 0 Å². The van der Waals surface area contributed by atoms with Crippen molar-refractivity contribution >= 4 is 11.6 Å². The number of nitrogens with zero attached hydrogens (tertiary/aromatic N) is 3. The summed E-state index contributed by atoms with van der Waals surface area (Å²) in [4.78, 5) is 20.4. The van der Waals surface area contributed by atoms with E-state index in [0.29, 0.717) is 12.2 Å². The highest BCUT2D eigenvalue weighted by Gasteiger charge is 2.18. The van der Waals surface area contributed by atoms with E-state index in [0.717, 1.165) is 44.3 Å². The van der Waals surface area contributed by atoms with Crippen LogP contribution < -0.4 is 9.64 Å². The molecule has 3 rings (SSSR count). The standard InChI is InChI=1S/C19H23N3O2/c1-16(23)17-7-8-19(20-15-17)22-11-9-21(10-12-22)13-14-24-18-5-3-2-4-6-18/h2-8,15H,9-14H2,1H3. The topological polar surface area (TPSA) is 45.7 Å². The van der Waals surface area contributed by atoms with E-state index in [4.69, 9.17) is 4.74 Å². The SMILES string of the molecule is CC(=O)c1ccc(N2CCN(CCOc3ccccc3)CC2)nc1. The molecule has 0 unspecified atom stereocenters. The van der Waals surface area contributed by atoms with Gasteiger partial charge in [-0.05, 0) is 31.2 Å². The molecule has 1 aliphatic heterocycles. The van der Waals surface area contributed by atoms with Crippen LogP contribution in [0, 0.1) is 0 Å². The summed E-state index contributed by atoms with van der Waals surface area (Å²) in [6.07, 6.45) is 1.66. The van der Waals surface area contributed by atoms with Crippen LogP contribution in [0.1, 0.15) is 17.3 Å². The third-order valence-electron chi connectivity index (χ3n) is 4.27. The lowest BCUT2D eigenvalue weighted by atomic mass is 10.2. The van der Waals surface area contributed by atoms with Crippen LogP contribution in [-0.4, -0.2) is 55.0 Å². The molecule has 2 aromatic rings. The average Bonchev–Trinajstić information content (AvgIpc) is 2.63. The van der Waals surface area contributed by atoms with Crippen molar-refractivity contribution in [2.45, 2.75) is 6.92 Å². The Morgan fingerprint density at radius 3 is 2.46 bits per heavy atom. The minimum Gasteiger partial charge on any atom is -0.492 e. The van der Waals surface area contributed by atoms with Crippen LogP contribution in [0.15, 0.2) is 48.7 Å². The first-order chi connectivity index (χ1) is 11.7. The van der Waals surface area contributed by atoms with E-state index in [9.17, 15) is 4.79 Å². The Morgan fingerprint density at radius 1 is 1.08 bits per heavy atom. The molecule has 0 amide bonds. The second-order valence-electron chi connectivity index (χ2n) is 5.95. The summed E-state index contributed by atoms with van der Waals surface area (Å²) in [5.74, 6) is 1.92. The quantitative estimate of drug-likeness (QED) is 0.764. The van der Waals surface area contributed by atoms with Gasteiger partial charge in [0.1, 0.15) is 18.2 Å². The number of benzene rings is 1. The fraction of sp³-hybridized carbons (Fsp3) is 0.368. The van der Waals surface area contributed by atoms with Gasteiger partial charge in [0.15, 0.2) is 5.78 Å². The van der Waals surface area contributed by atoms with Crippen molar-refractivity contribution < 1.29 is 9.53 Å². The largest absolute Gasteiger partial charge is 0.492 e. The molecule has 0 atom stereocenters. The fourth-order valence-electron chi connectivity index (χ4n) is 2.79. The second-order valence-corrected chi connectivity index (χ2v) is 5.95. The summed E-state index contributed by atoms with van der Waals surface area (Å²) >= 11 is 0. The van der Waals surface area contributed by atoms with Crippen molar-refractivity contribution in [2.75, 3.05) is 44.2 Å². The Bertz CT molecular complexity index is 650. The molecule has 1 aliphatic rings. The van der Waals surface area contributed by atoms with Gasteiger partial charge in [-0.25, -0.2) is 4.98 Å². The molecule has 1 saturated heterocycles. The van der Waals surface area contributed by atoms with Gasteiger partial charge in [-0.15, -0.1) is 0 Å². The summed E-state index contributed by atoms with van der Waals surface area (Å²) in [6, 6.07) is 13.7. The van der Waals surface area contributed by atoms with E-state index in [1.54, 1.807) is 13.1 Å². The molecule has 126 valence electrons. The van der Waals surface area contributed by atoms with Crippen molar-refractivity contribution in [1.82, 2.24) is 9.88 Å². The second kappa shape index (κ2) is 7.93. The van der Waals surface area contributed by atoms with Gasteiger partial charge in [0.2, 0.25) is 0 Å². The summed E-state index contributed by atoms with van der Waals surface area (Å²) < 4.78 is 5.76. The number of piperazine rings is 1. The number of para-hydroxylation sites is 1. The number of carbonyl (C=O) groups is 1. The number of hydrogen-bond donors (Lipinski definition) is 0. The molecule has 0 aliphatic carbocycles. The maximum atomic E-state index is 11.3. The molecule has 1 fully saturated rings. The predicted molar refractivity (Wildman–Crippen MR) is 94.8 cm³/mol. The van der Waals surface area contributed by atoms with Gasteiger partial charge < -0.3 is 9.64 Å². The Morgan fingerprint density at radius 2 is 1.83 bits per heavy atom. The average molecular weight is 325 g/mol. The van der Waals surface area contributed by atoms with Crippen LogP contribution in [0.5, 0.6) is 5.75 Å². The number of anilines is 1. The molecule has 1 aromatic heterocycles. The monoisotopic (exact) mass is 325 g/mol. The molecule has 2 heterocycles. The van der Waals surface area contributed by atoms with Crippen LogP contribution in [-0.2, 0) is 0 Å². The van der Waals surface area contributed by atoms with Crippen LogP contribution >= 0.6 is 0 Å². The third-order valence-corrected chi connectivity index (χ3v) is 4.27. The minimum atomic E-state index is 0.0530. The number of rotatable bonds is 6. The summed E-state index contributed by atoms with van der Waals surface area (Å²) in [5, 5.41) is 0. The molecule has 5 heteroatoms.